The summed E-state index contributed by atoms with van der Waals surface area (Å²) in [7, 11) is 1.79. The van der Waals surface area contributed by atoms with Crippen molar-refractivity contribution >= 4 is 22.8 Å². The predicted molar refractivity (Wildman–Crippen MR) is 65.0 cm³/mol. The summed E-state index contributed by atoms with van der Waals surface area (Å²) in [6, 6.07) is 2.29. The van der Waals surface area contributed by atoms with Gasteiger partial charge in [-0.15, -0.1) is 0 Å². The molecular weight excluding hydrogens is 244 g/mol. The van der Waals surface area contributed by atoms with E-state index in [-0.39, 0.29) is 0 Å². The van der Waals surface area contributed by atoms with Gasteiger partial charge in [-0.05, 0) is 13.0 Å². The number of aryl methyl sites for hydroxylation is 1. The maximum atomic E-state index is 13.1. The van der Waals surface area contributed by atoms with Gasteiger partial charge in [0.25, 0.3) is 0 Å². The summed E-state index contributed by atoms with van der Waals surface area (Å²) in [4.78, 5) is 4.26. The molecule has 1 aromatic carbocycles. The summed E-state index contributed by atoms with van der Waals surface area (Å²) in [6.07, 6.45) is 0.886. The lowest BCUT2D eigenvalue weighted by atomic mass is 10.3. The third kappa shape index (κ3) is 2.42. The number of hydrogen-bond donors (Lipinski definition) is 1. The highest BCUT2D eigenvalue weighted by Gasteiger charge is 2.12. The fraction of sp³-hybridized carbons (Fsp3) is 0.364. The van der Waals surface area contributed by atoms with Crippen molar-refractivity contribution in [1.29, 1.82) is 0 Å². The Balaban J connectivity index is 2.35. The monoisotopic (exact) mass is 257 g/mol. The largest absolute Gasteiger partial charge is 0.330 e. The van der Waals surface area contributed by atoms with E-state index in [9.17, 15) is 8.78 Å². The number of fused-ring (bicyclic) bond motifs is 1. The molecule has 2 rings (SSSR count). The Bertz CT molecular complexity index is 539. The molecule has 1 aromatic heterocycles. The molecule has 0 saturated heterocycles. The van der Waals surface area contributed by atoms with Gasteiger partial charge in [0, 0.05) is 24.9 Å². The smallest absolute Gasteiger partial charge is 0.168 e. The molecule has 0 bridgehead atoms. The van der Waals surface area contributed by atoms with Crippen molar-refractivity contribution < 1.29 is 8.78 Å². The molecule has 0 aliphatic carbocycles. The maximum Gasteiger partial charge on any atom is 0.168 e. The van der Waals surface area contributed by atoms with Crippen LogP contribution in [-0.4, -0.2) is 21.8 Å². The zero-order chi connectivity index (χ0) is 12.4. The Morgan fingerprint density at radius 1 is 1.35 bits per heavy atom. The van der Waals surface area contributed by atoms with Crippen LogP contribution < -0.4 is 5.73 Å². The van der Waals surface area contributed by atoms with Crippen LogP contribution in [0.1, 0.15) is 6.42 Å². The van der Waals surface area contributed by atoms with Gasteiger partial charge in [-0.25, -0.2) is 13.8 Å². The fourth-order valence-corrected chi connectivity index (χ4v) is 2.49. The first kappa shape index (κ1) is 12.3. The Hall–Kier alpha value is -1.14. The van der Waals surface area contributed by atoms with Crippen molar-refractivity contribution in [3.63, 3.8) is 0 Å². The van der Waals surface area contributed by atoms with Crippen molar-refractivity contribution in [2.75, 3.05) is 12.3 Å². The van der Waals surface area contributed by atoms with Crippen LogP contribution in [0.15, 0.2) is 17.3 Å². The second-order valence-electron chi connectivity index (χ2n) is 3.70. The first-order valence-corrected chi connectivity index (χ1v) is 6.26. The topological polar surface area (TPSA) is 43.8 Å². The van der Waals surface area contributed by atoms with Gasteiger partial charge in [0.15, 0.2) is 16.8 Å². The van der Waals surface area contributed by atoms with Crippen LogP contribution in [0.25, 0.3) is 11.0 Å². The van der Waals surface area contributed by atoms with Crippen LogP contribution in [0.4, 0.5) is 8.78 Å². The highest BCUT2D eigenvalue weighted by Crippen LogP contribution is 2.24. The molecule has 0 saturated carbocycles. The molecule has 17 heavy (non-hydrogen) atoms. The number of halogens is 2. The first-order valence-electron chi connectivity index (χ1n) is 5.28. The number of benzene rings is 1. The van der Waals surface area contributed by atoms with Gasteiger partial charge in [0.1, 0.15) is 0 Å². The SMILES string of the molecule is Cn1c(SCCCN)nc2cc(F)c(F)cc21. The number of hydrogen-bond acceptors (Lipinski definition) is 3. The molecular formula is C11H13F2N3S. The molecule has 0 radical (unpaired) electrons. The van der Waals surface area contributed by atoms with Crippen molar-refractivity contribution in [2.45, 2.75) is 11.6 Å². The van der Waals surface area contributed by atoms with E-state index in [1.54, 1.807) is 11.6 Å². The second kappa shape index (κ2) is 5.01. The van der Waals surface area contributed by atoms with Crippen molar-refractivity contribution in [3.8, 4) is 0 Å². The summed E-state index contributed by atoms with van der Waals surface area (Å²) >= 11 is 1.54. The van der Waals surface area contributed by atoms with E-state index < -0.39 is 11.6 Å². The highest BCUT2D eigenvalue weighted by atomic mass is 32.2. The molecule has 6 heteroatoms. The first-order chi connectivity index (χ1) is 8.13. The molecule has 0 aliphatic heterocycles. The molecule has 0 spiro atoms. The van der Waals surface area contributed by atoms with E-state index in [0.29, 0.717) is 17.6 Å². The van der Waals surface area contributed by atoms with E-state index >= 15 is 0 Å². The number of thioether (sulfide) groups is 1. The zero-order valence-electron chi connectivity index (χ0n) is 9.41. The second-order valence-corrected chi connectivity index (χ2v) is 4.76. The number of imidazole rings is 1. The third-order valence-electron chi connectivity index (χ3n) is 2.46. The molecule has 3 nitrogen and oxygen atoms in total. The lowest BCUT2D eigenvalue weighted by Crippen LogP contribution is -2.00. The van der Waals surface area contributed by atoms with Gasteiger partial charge in [0.2, 0.25) is 0 Å². The van der Waals surface area contributed by atoms with E-state index in [1.807, 2.05) is 0 Å². The Morgan fingerprint density at radius 3 is 2.76 bits per heavy atom. The van der Waals surface area contributed by atoms with Crippen LogP contribution in [0.2, 0.25) is 0 Å². The molecule has 0 atom stereocenters. The van der Waals surface area contributed by atoms with Gasteiger partial charge < -0.3 is 10.3 Å². The number of aromatic nitrogens is 2. The number of nitrogens with zero attached hydrogens (tertiary/aromatic N) is 2. The van der Waals surface area contributed by atoms with Crippen molar-refractivity contribution in [1.82, 2.24) is 9.55 Å². The minimum Gasteiger partial charge on any atom is -0.330 e. The van der Waals surface area contributed by atoms with Gasteiger partial charge in [-0.3, -0.25) is 0 Å². The molecule has 2 aromatic rings. The summed E-state index contributed by atoms with van der Waals surface area (Å²) in [5.41, 5.74) is 6.48. The van der Waals surface area contributed by atoms with Crippen molar-refractivity contribution in [3.05, 3.63) is 23.8 Å². The minimum absolute atomic E-state index is 0.474. The number of nitrogens with two attached hydrogens (primary N) is 1. The van der Waals surface area contributed by atoms with Gasteiger partial charge in [0.05, 0.1) is 11.0 Å². The van der Waals surface area contributed by atoms with Crippen LogP contribution in [-0.2, 0) is 7.05 Å². The molecule has 0 amide bonds. The maximum absolute atomic E-state index is 13.1. The van der Waals surface area contributed by atoms with Crippen molar-refractivity contribution in [2.24, 2.45) is 12.8 Å². The summed E-state index contributed by atoms with van der Waals surface area (Å²) in [5.74, 6) is -0.869. The van der Waals surface area contributed by atoms with Gasteiger partial charge in [-0.2, -0.15) is 0 Å². The summed E-state index contributed by atoms with van der Waals surface area (Å²) < 4.78 is 27.9. The Labute approximate surface area is 102 Å². The number of rotatable bonds is 4. The normalized spacial score (nSPS) is 11.3. The molecule has 0 fully saturated rings. The standard InChI is InChI=1S/C11H13F2N3S/c1-16-10-6-8(13)7(12)5-9(10)15-11(16)17-4-2-3-14/h5-6H,2-4,14H2,1H3. The van der Waals surface area contributed by atoms with E-state index in [2.05, 4.69) is 4.98 Å². The van der Waals surface area contributed by atoms with E-state index in [1.165, 1.54) is 17.8 Å². The third-order valence-corrected chi connectivity index (χ3v) is 3.58. The summed E-state index contributed by atoms with van der Waals surface area (Å²) in [5, 5.41) is 0.749. The lowest BCUT2D eigenvalue weighted by molar-refractivity contribution is 0.510. The minimum atomic E-state index is -0.867. The van der Waals surface area contributed by atoms with E-state index in [0.717, 1.165) is 23.4 Å². The molecule has 92 valence electrons. The fourth-order valence-electron chi connectivity index (χ4n) is 1.54. The van der Waals surface area contributed by atoms with Crippen LogP contribution in [0.3, 0.4) is 0 Å². The van der Waals surface area contributed by atoms with Crippen LogP contribution in [0, 0.1) is 11.6 Å². The average molecular weight is 257 g/mol. The molecule has 1 heterocycles. The summed E-state index contributed by atoms with van der Waals surface area (Å²) in [6.45, 7) is 0.625. The van der Waals surface area contributed by atoms with E-state index in [4.69, 9.17) is 5.73 Å². The van der Waals surface area contributed by atoms with Crippen LogP contribution in [0.5, 0.6) is 0 Å². The molecule has 0 aliphatic rings. The van der Waals surface area contributed by atoms with Crippen LogP contribution >= 0.6 is 11.8 Å². The average Bonchev–Trinajstić information content (AvgIpc) is 2.58. The van der Waals surface area contributed by atoms with Gasteiger partial charge in [-0.1, -0.05) is 11.8 Å². The predicted octanol–water partition coefficient (Wildman–Crippen LogP) is 2.29. The zero-order valence-corrected chi connectivity index (χ0v) is 10.2. The molecule has 0 unspecified atom stereocenters. The van der Waals surface area contributed by atoms with Gasteiger partial charge >= 0.3 is 0 Å². The highest BCUT2D eigenvalue weighted by molar-refractivity contribution is 7.99. The quantitative estimate of drug-likeness (QED) is 0.675. The Morgan fingerprint density at radius 2 is 2.06 bits per heavy atom. The lowest BCUT2D eigenvalue weighted by Gasteiger charge is -2.01. The Kier molecular flexibility index (Phi) is 3.63. The molecule has 2 N–H and O–H groups in total.